The Bertz CT molecular complexity index is 1420. The van der Waals surface area contributed by atoms with Gasteiger partial charge in [0.1, 0.15) is 11.2 Å². The van der Waals surface area contributed by atoms with Crippen LogP contribution in [0.25, 0.3) is 20.7 Å². The summed E-state index contributed by atoms with van der Waals surface area (Å²) >= 11 is 1.31. The number of methoxy groups -OCH3 is 2. The Morgan fingerprint density at radius 3 is 2.24 bits per heavy atom. The summed E-state index contributed by atoms with van der Waals surface area (Å²) in [6.45, 7) is -0.309. The number of fused-ring (bicyclic) bond motifs is 1. The fourth-order valence-electron chi connectivity index (χ4n) is 3.33. The van der Waals surface area contributed by atoms with Crippen molar-refractivity contribution in [3.05, 3.63) is 82.4 Å². The first-order valence-electron chi connectivity index (χ1n) is 10.1. The van der Waals surface area contributed by atoms with Crippen LogP contribution in [0.2, 0.25) is 0 Å². The van der Waals surface area contributed by atoms with Gasteiger partial charge in [-0.05, 0) is 29.8 Å². The largest absolute Gasteiger partial charge is 0.465 e. The molecule has 0 aliphatic heterocycles. The topological polar surface area (TPSA) is 117 Å². The van der Waals surface area contributed by atoms with Crippen LogP contribution < -0.4 is 10.9 Å². The Balaban J connectivity index is 1.59. The van der Waals surface area contributed by atoms with Gasteiger partial charge in [0, 0.05) is 10.6 Å². The second-order valence-corrected chi connectivity index (χ2v) is 8.25. The molecule has 9 nitrogen and oxygen atoms in total. The van der Waals surface area contributed by atoms with Crippen molar-refractivity contribution in [3.8, 4) is 10.4 Å². The number of carbonyl (C=O) groups is 3. The number of benzene rings is 2. The van der Waals surface area contributed by atoms with Crippen molar-refractivity contribution in [3.63, 3.8) is 0 Å². The quantitative estimate of drug-likeness (QED) is 0.423. The molecule has 0 atom stereocenters. The molecule has 0 aliphatic carbocycles. The maximum atomic E-state index is 13.0. The minimum Gasteiger partial charge on any atom is -0.465 e. The van der Waals surface area contributed by atoms with Gasteiger partial charge in [-0.1, -0.05) is 30.3 Å². The molecule has 0 fully saturated rings. The smallest absolute Gasteiger partial charge is 0.337 e. The number of rotatable bonds is 6. The number of carbonyl (C=O) groups excluding carboxylic acids is 3. The summed E-state index contributed by atoms with van der Waals surface area (Å²) in [6.07, 6.45) is 1.32. The number of ether oxygens (including phenoxy) is 2. The second kappa shape index (κ2) is 9.67. The molecule has 2 heterocycles. The van der Waals surface area contributed by atoms with E-state index in [0.29, 0.717) is 10.2 Å². The van der Waals surface area contributed by atoms with E-state index in [-0.39, 0.29) is 28.9 Å². The van der Waals surface area contributed by atoms with Crippen molar-refractivity contribution >= 4 is 45.1 Å². The van der Waals surface area contributed by atoms with Gasteiger partial charge in [0.15, 0.2) is 0 Å². The number of nitrogens with one attached hydrogen (secondary N) is 1. The van der Waals surface area contributed by atoms with E-state index in [9.17, 15) is 19.2 Å². The zero-order valence-corrected chi connectivity index (χ0v) is 19.0. The Labute approximate surface area is 197 Å². The number of nitrogens with zero attached hydrogens (tertiary/aromatic N) is 2. The number of anilines is 1. The molecule has 0 radical (unpaired) electrons. The van der Waals surface area contributed by atoms with Crippen LogP contribution in [0.5, 0.6) is 0 Å². The van der Waals surface area contributed by atoms with E-state index in [1.165, 1.54) is 54.6 Å². The van der Waals surface area contributed by atoms with Crippen molar-refractivity contribution in [2.24, 2.45) is 0 Å². The van der Waals surface area contributed by atoms with E-state index >= 15 is 0 Å². The van der Waals surface area contributed by atoms with Gasteiger partial charge in [0.2, 0.25) is 5.91 Å². The Morgan fingerprint density at radius 2 is 1.62 bits per heavy atom. The normalized spacial score (nSPS) is 10.6. The fourth-order valence-corrected chi connectivity index (χ4v) is 4.39. The highest BCUT2D eigenvalue weighted by Crippen LogP contribution is 2.30. The zero-order chi connectivity index (χ0) is 24.2. The summed E-state index contributed by atoms with van der Waals surface area (Å²) in [5.74, 6) is -1.90. The first-order chi connectivity index (χ1) is 16.4. The molecule has 1 N–H and O–H groups in total. The van der Waals surface area contributed by atoms with Gasteiger partial charge < -0.3 is 14.8 Å². The summed E-state index contributed by atoms with van der Waals surface area (Å²) in [5.41, 5.74) is 1.49. The average Bonchev–Trinajstić information content (AvgIpc) is 3.30. The van der Waals surface area contributed by atoms with Gasteiger partial charge in [0.25, 0.3) is 5.56 Å². The fraction of sp³-hybridized carbons (Fsp3) is 0.125. The SMILES string of the molecule is COC(=O)c1cc(NC(=O)Cn2cnc3cc(-c4ccccc4)sc3c2=O)cc(C(=O)OC)c1. The molecule has 0 saturated carbocycles. The predicted molar refractivity (Wildman–Crippen MR) is 127 cm³/mol. The van der Waals surface area contributed by atoms with Crippen LogP contribution in [0.15, 0.2) is 65.7 Å². The highest BCUT2D eigenvalue weighted by atomic mass is 32.1. The van der Waals surface area contributed by atoms with Crippen molar-refractivity contribution < 1.29 is 23.9 Å². The number of hydrogen-bond acceptors (Lipinski definition) is 8. The van der Waals surface area contributed by atoms with Gasteiger partial charge in [-0.15, -0.1) is 11.3 Å². The third-order valence-electron chi connectivity index (χ3n) is 4.94. The van der Waals surface area contributed by atoms with Gasteiger partial charge in [-0.25, -0.2) is 14.6 Å². The predicted octanol–water partition coefficient (Wildman–Crippen LogP) is 3.34. The van der Waals surface area contributed by atoms with Crippen LogP contribution in [-0.2, 0) is 20.8 Å². The standard InChI is InChI=1S/C24H19N3O6S/c1-32-23(30)15-8-16(24(31)33-2)10-17(9-15)26-20(28)12-27-13-25-18-11-19(34-21(18)22(27)29)14-6-4-3-5-7-14/h3-11,13H,12H2,1-2H3,(H,26,28). The summed E-state index contributed by atoms with van der Waals surface area (Å²) < 4.78 is 11.0. The van der Waals surface area contributed by atoms with Crippen molar-refractivity contribution in [2.45, 2.75) is 6.54 Å². The average molecular weight is 477 g/mol. The number of amides is 1. The third-order valence-corrected chi connectivity index (χ3v) is 6.10. The zero-order valence-electron chi connectivity index (χ0n) is 18.2. The Morgan fingerprint density at radius 1 is 0.971 bits per heavy atom. The molecule has 0 bridgehead atoms. The number of hydrogen-bond donors (Lipinski definition) is 1. The van der Waals surface area contributed by atoms with Gasteiger partial charge in [-0.2, -0.15) is 0 Å². The van der Waals surface area contributed by atoms with Gasteiger partial charge >= 0.3 is 11.9 Å². The highest BCUT2D eigenvalue weighted by Gasteiger charge is 2.16. The Hall–Kier alpha value is -4.31. The molecule has 1 amide bonds. The van der Waals surface area contributed by atoms with Crippen molar-refractivity contribution in [1.82, 2.24) is 9.55 Å². The van der Waals surface area contributed by atoms with E-state index < -0.39 is 17.8 Å². The lowest BCUT2D eigenvalue weighted by Crippen LogP contribution is -2.27. The molecule has 2 aromatic heterocycles. The number of thiophene rings is 1. The highest BCUT2D eigenvalue weighted by molar-refractivity contribution is 7.22. The first-order valence-corrected chi connectivity index (χ1v) is 10.9. The van der Waals surface area contributed by atoms with Gasteiger partial charge in [-0.3, -0.25) is 14.2 Å². The summed E-state index contributed by atoms with van der Waals surface area (Å²) in [6, 6.07) is 15.5. The van der Waals surface area contributed by atoms with E-state index in [4.69, 9.17) is 9.47 Å². The summed E-state index contributed by atoms with van der Waals surface area (Å²) in [7, 11) is 2.41. The molecule has 10 heteroatoms. The third kappa shape index (κ3) is 4.71. The number of esters is 2. The minimum absolute atomic E-state index is 0.0629. The molecule has 172 valence electrons. The molecule has 34 heavy (non-hydrogen) atoms. The molecule has 0 saturated heterocycles. The van der Waals surface area contributed by atoms with Crippen LogP contribution in [-0.4, -0.2) is 41.6 Å². The van der Waals surface area contributed by atoms with Crippen LogP contribution in [0.4, 0.5) is 5.69 Å². The Kier molecular flexibility index (Phi) is 6.51. The van der Waals surface area contributed by atoms with Crippen molar-refractivity contribution in [2.75, 3.05) is 19.5 Å². The van der Waals surface area contributed by atoms with E-state index in [2.05, 4.69) is 10.3 Å². The van der Waals surface area contributed by atoms with Crippen LogP contribution in [0.3, 0.4) is 0 Å². The molecule has 4 rings (SSSR count). The van der Waals surface area contributed by atoms with Gasteiger partial charge in [0.05, 0.1) is 37.2 Å². The molecular weight excluding hydrogens is 458 g/mol. The molecule has 4 aromatic rings. The molecule has 2 aromatic carbocycles. The van der Waals surface area contributed by atoms with E-state index in [1.54, 1.807) is 0 Å². The summed E-state index contributed by atoms with van der Waals surface area (Å²) in [4.78, 5) is 54.7. The molecular formula is C24H19N3O6S. The van der Waals surface area contributed by atoms with Crippen molar-refractivity contribution in [1.29, 1.82) is 0 Å². The molecule has 0 aliphatic rings. The second-order valence-electron chi connectivity index (χ2n) is 7.20. The lowest BCUT2D eigenvalue weighted by molar-refractivity contribution is -0.116. The lowest BCUT2D eigenvalue weighted by atomic mass is 10.1. The number of aromatic nitrogens is 2. The van der Waals surface area contributed by atoms with E-state index in [1.807, 2.05) is 36.4 Å². The first kappa shape index (κ1) is 22.9. The maximum Gasteiger partial charge on any atom is 0.337 e. The minimum atomic E-state index is -0.681. The van der Waals surface area contributed by atoms with Crippen LogP contribution in [0.1, 0.15) is 20.7 Å². The van der Waals surface area contributed by atoms with Crippen LogP contribution >= 0.6 is 11.3 Å². The monoisotopic (exact) mass is 477 g/mol. The summed E-state index contributed by atoms with van der Waals surface area (Å²) in [5, 5.41) is 2.60. The van der Waals surface area contributed by atoms with E-state index in [0.717, 1.165) is 10.4 Å². The molecule has 0 spiro atoms. The van der Waals surface area contributed by atoms with Crippen LogP contribution in [0, 0.1) is 0 Å². The lowest BCUT2D eigenvalue weighted by Gasteiger charge is -2.10. The maximum absolute atomic E-state index is 13.0. The molecule has 0 unspecified atom stereocenters.